The third-order valence-electron chi connectivity index (χ3n) is 7.91. The fourth-order valence-corrected chi connectivity index (χ4v) is 7.39. The molecular formula is C37H32BrClN2O6S. The predicted octanol–water partition coefficient (Wildman–Crippen LogP) is 7.35. The number of rotatable bonds is 10. The van der Waals surface area contributed by atoms with E-state index in [0.29, 0.717) is 60.6 Å². The number of thiazole rings is 1. The van der Waals surface area contributed by atoms with E-state index in [0.717, 1.165) is 21.9 Å². The number of hydrogen-bond acceptors (Lipinski definition) is 8. The zero-order chi connectivity index (χ0) is 33.9. The van der Waals surface area contributed by atoms with Crippen molar-refractivity contribution in [3.63, 3.8) is 0 Å². The van der Waals surface area contributed by atoms with E-state index in [1.165, 1.54) is 11.3 Å². The molecule has 48 heavy (non-hydrogen) atoms. The van der Waals surface area contributed by atoms with Crippen molar-refractivity contribution in [2.24, 2.45) is 4.99 Å². The minimum absolute atomic E-state index is 0.167. The summed E-state index contributed by atoms with van der Waals surface area (Å²) >= 11 is 11.0. The average molecular weight is 748 g/mol. The monoisotopic (exact) mass is 746 g/mol. The molecule has 0 radical (unpaired) electrons. The number of halogens is 2. The lowest BCUT2D eigenvalue weighted by molar-refractivity contribution is -0.139. The van der Waals surface area contributed by atoms with E-state index >= 15 is 0 Å². The van der Waals surface area contributed by atoms with Crippen molar-refractivity contribution in [1.82, 2.24) is 4.57 Å². The Morgan fingerprint density at radius 3 is 2.50 bits per heavy atom. The number of methoxy groups -OCH3 is 1. The molecule has 0 bridgehead atoms. The highest BCUT2D eigenvalue weighted by atomic mass is 79.9. The van der Waals surface area contributed by atoms with E-state index in [2.05, 4.69) is 15.9 Å². The van der Waals surface area contributed by atoms with Crippen LogP contribution in [0.3, 0.4) is 0 Å². The third kappa shape index (κ3) is 6.52. The average Bonchev–Trinajstić information content (AvgIpc) is 3.38. The van der Waals surface area contributed by atoms with E-state index in [-0.39, 0.29) is 17.7 Å². The Balaban J connectivity index is 1.55. The van der Waals surface area contributed by atoms with Crippen LogP contribution in [0.25, 0.3) is 16.8 Å². The molecule has 11 heteroatoms. The molecule has 6 rings (SSSR count). The number of hydrogen-bond donors (Lipinski definition) is 0. The van der Waals surface area contributed by atoms with Gasteiger partial charge in [-0.25, -0.2) is 9.79 Å². The number of nitrogens with zero attached hydrogens (tertiary/aromatic N) is 2. The summed E-state index contributed by atoms with van der Waals surface area (Å²) in [6.07, 6.45) is 1.84. The van der Waals surface area contributed by atoms with Crippen molar-refractivity contribution < 1.29 is 23.7 Å². The molecule has 0 spiro atoms. The number of carbonyl (C=O) groups is 1. The Labute approximate surface area is 294 Å². The lowest BCUT2D eigenvalue weighted by atomic mass is 9.95. The van der Waals surface area contributed by atoms with Crippen molar-refractivity contribution in [2.45, 2.75) is 33.4 Å². The molecule has 0 saturated carbocycles. The largest absolute Gasteiger partial charge is 0.493 e. The van der Waals surface area contributed by atoms with Gasteiger partial charge in [0.05, 0.1) is 42.2 Å². The van der Waals surface area contributed by atoms with Crippen LogP contribution in [0.5, 0.6) is 17.2 Å². The molecule has 0 fully saturated rings. The van der Waals surface area contributed by atoms with Crippen molar-refractivity contribution in [1.29, 1.82) is 0 Å². The summed E-state index contributed by atoms with van der Waals surface area (Å²) in [5.41, 5.74) is 2.75. The Hall–Kier alpha value is -4.38. The van der Waals surface area contributed by atoms with Crippen molar-refractivity contribution in [3.05, 3.63) is 130 Å². The molecule has 1 aliphatic heterocycles. The fourth-order valence-electron chi connectivity index (χ4n) is 5.70. The number of benzene rings is 4. The number of carbonyl (C=O) groups excluding carboxylic acids is 1. The summed E-state index contributed by atoms with van der Waals surface area (Å²) in [5.74, 6) is 1.06. The molecule has 0 N–H and O–H groups in total. The number of esters is 1. The van der Waals surface area contributed by atoms with Crippen LogP contribution in [-0.2, 0) is 16.1 Å². The number of ether oxygens (including phenoxy) is 4. The van der Waals surface area contributed by atoms with E-state index in [9.17, 15) is 9.59 Å². The van der Waals surface area contributed by atoms with E-state index in [1.54, 1.807) is 37.7 Å². The van der Waals surface area contributed by atoms with Crippen molar-refractivity contribution in [3.8, 4) is 17.2 Å². The molecule has 246 valence electrons. The second-order valence-corrected chi connectivity index (χ2v) is 13.2. The highest BCUT2D eigenvalue weighted by Gasteiger charge is 2.35. The van der Waals surface area contributed by atoms with Gasteiger partial charge in [-0.3, -0.25) is 9.36 Å². The lowest BCUT2D eigenvalue weighted by Gasteiger charge is -2.26. The minimum atomic E-state index is -0.852. The van der Waals surface area contributed by atoms with Crippen molar-refractivity contribution >= 4 is 61.7 Å². The second-order valence-electron chi connectivity index (χ2n) is 10.9. The summed E-state index contributed by atoms with van der Waals surface area (Å²) in [4.78, 5) is 33.2. The molecule has 1 atom stereocenters. The van der Waals surface area contributed by atoms with Crippen molar-refractivity contribution in [2.75, 3.05) is 20.3 Å². The Kier molecular flexibility index (Phi) is 10.1. The number of aromatic nitrogens is 1. The van der Waals surface area contributed by atoms with Crippen LogP contribution in [0, 0.1) is 0 Å². The van der Waals surface area contributed by atoms with Gasteiger partial charge in [0, 0.05) is 15.1 Å². The molecular weight excluding hydrogens is 716 g/mol. The minimum Gasteiger partial charge on any atom is -0.493 e. The zero-order valence-electron chi connectivity index (χ0n) is 26.7. The summed E-state index contributed by atoms with van der Waals surface area (Å²) < 4.78 is 25.9. The first-order valence-corrected chi connectivity index (χ1v) is 17.3. The normalized spacial score (nSPS) is 14.5. The second kappa shape index (κ2) is 14.4. The first kappa shape index (κ1) is 33.5. The summed E-state index contributed by atoms with van der Waals surface area (Å²) in [7, 11) is 1.55. The van der Waals surface area contributed by atoms with Gasteiger partial charge in [-0.05, 0) is 79.1 Å². The highest BCUT2D eigenvalue weighted by molar-refractivity contribution is 9.10. The standard InChI is InChI=1S/C37H32BrClN2O6S/c1-5-45-31-19-28(38)27(17-30(31)44-4)34-33(36(43)46-6-2)21(3)40-37-41(34)35(42)32(48-37)18-26-25-10-8-7-9-23(25)13-16-29(26)47-20-22-11-14-24(39)15-12-22/h7-19,34H,5-6,20H2,1-4H3/b32-18+/t34-/m1/s1. The Bertz CT molecular complexity index is 2240. The predicted molar refractivity (Wildman–Crippen MR) is 192 cm³/mol. The van der Waals surface area contributed by atoms with Gasteiger partial charge in [-0.2, -0.15) is 0 Å². The maximum absolute atomic E-state index is 14.5. The highest BCUT2D eigenvalue weighted by Crippen LogP contribution is 2.41. The molecule has 1 aliphatic rings. The van der Waals surface area contributed by atoms with Crippen LogP contribution in [0.2, 0.25) is 5.02 Å². The van der Waals surface area contributed by atoms with E-state index < -0.39 is 12.0 Å². The van der Waals surface area contributed by atoms with E-state index in [4.69, 9.17) is 35.5 Å². The quantitative estimate of drug-likeness (QED) is 0.139. The summed E-state index contributed by atoms with van der Waals surface area (Å²) in [6.45, 7) is 6.29. The fraction of sp³-hybridized carbons (Fsp3) is 0.216. The molecule has 4 aromatic carbocycles. The SMILES string of the molecule is CCOC(=O)C1=C(C)N=c2s/c(=C/c3c(OCc4ccc(Cl)cc4)ccc4ccccc34)c(=O)n2[C@@H]1c1cc(OC)c(OCC)cc1Br. The molecule has 8 nitrogen and oxygen atoms in total. The van der Waals surface area contributed by atoms with Gasteiger partial charge in [0.1, 0.15) is 12.4 Å². The number of allylic oxidation sites excluding steroid dienone is 1. The first-order chi connectivity index (χ1) is 23.2. The molecule has 0 amide bonds. The van der Waals surface area contributed by atoms with Gasteiger partial charge in [-0.15, -0.1) is 0 Å². The van der Waals surface area contributed by atoms with E-state index in [1.807, 2.05) is 73.7 Å². The first-order valence-electron chi connectivity index (χ1n) is 15.3. The molecule has 2 heterocycles. The maximum Gasteiger partial charge on any atom is 0.338 e. The summed E-state index contributed by atoms with van der Waals surface area (Å²) in [6, 6.07) is 22.0. The van der Waals surface area contributed by atoms with Crippen LogP contribution >= 0.6 is 38.9 Å². The Morgan fingerprint density at radius 2 is 1.77 bits per heavy atom. The van der Waals surface area contributed by atoms with Crippen LogP contribution in [-0.4, -0.2) is 30.9 Å². The third-order valence-corrected chi connectivity index (χ3v) is 9.83. The van der Waals surface area contributed by atoms with Crippen LogP contribution in [0.15, 0.2) is 98.3 Å². The van der Waals surface area contributed by atoms with Crippen LogP contribution in [0.1, 0.15) is 43.5 Å². The molecule has 1 aromatic heterocycles. The van der Waals surface area contributed by atoms with Crippen LogP contribution < -0.4 is 29.1 Å². The number of fused-ring (bicyclic) bond motifs is 2. The molecule has 0 unspecified atom stereocenters. The summed E-state index contributed by atoms with van der Waals surface area (Å²) in [5, 5.41) is 2.57. The topological polar surface area (TPSA) is 88.4 Å². The van der Waals surface area contributed by atoms with Gasteiger partial charge < -0.3 is 18.9 Å². The van der Waals surface area contributed by atoms with Crippen LogP contribution in [0.4, 0.5) is 0 Å². The maximum atomic E-state index is 14.5. The molecule has 0 saturated heterocycles. The van der Waals surface area contributed by atoms with Gasteiger partial charge in [-0.1, -0.05) is 81.3 Å². The van der Waals surface area contributed by atoms with Gasteiger partial charge in [0.15, 0.2) is 16.3 Å². The molecule has 5 aromatic rings. The molecule has 0 aliphatic carbocycles. The van der Waals surface area contributed by atoms with Gasteiger partial charge >= 0.3 is 5.97 Å². The van der Waals surface area contributed by atoms with Gasteiger partial charge in [0.25, 0.3) is 5.56 Å². The van der Waals surface area contributed by atoms with Gasteiger partial charge in [0.2, 0.25) is 0 Å². The lowest BCUT2D eigenvalue weighted by Crippen LogP contribution is -2.40. The smallest absolute Gasteiger partial charge is 0.338 e. The zero-order valence-corrected chi connectivity index (χ0v) is 29.9. The Morgan fingerprint density at radius 1 is 1.00 bits per heavy atom.